The lowest BCUT2D eigenvalue weighted by atomic mass is 10.0. The summed E-state index contributed by atoms with van der Waals surface area (Å²) in [5.74, 6) is 0. The van der Waals surface area contributed by atoms with E-state index in [2.05, 4.69) is 0 Å². The Hall–Kier alpha value is -1.36. The number of hydrogen-bond acceptors (Lipinski definition) is 3. The molecule has 0 amide bonds. The Kier molecular flexibility index (Phi) is 4.42. The molecule has 112 valence electrons. The maximum atomic E-state index is 11.7. The first-order chi connectivity index (χ1) is 9.73. The van der Waals surface area contributed by atoms with Crippen LogP contribution in [-0.4, -0.2) is 24.0 Å². The predicted octanol–water partition coefficient (Wildman–Crippen LogP) is 3.39. The number of aliphatic hydroxyl groups is 1. The van der Waals surface area contributed by atoms with Crippen molar-refractivity contribution in [2.75, 3.05) is 6.26 Å². The van der Waals surface area contributed by atoms with Crippen LogP contribution < -0.4 is 0 Å². The highest BCUT2D eigenvalue weighted by molar-refractivity contribution is 7.93. The highest BCUT2D eigenvalue weighted by Crippen LogP contribution is 2.36. The number of hydrogen-bond donors (Lipinski definition) is 1. The van der Waals surface area contributed by atoms with Gasteiger partial charge in [0.15, 0.2) is 14.0 Å². The van der Waals surface area contributed by atoms with Crippen LogP contribution in [0.5, 0.6) is 0 Å². The van der Waals surface area contributed by atoms with Gasteiger partial charge in [0.1, 0.15) is 6.10 Å². The zero-order chi connectivity index (χ0) is 15.7. The Morgan fingerprint density at radius 3 is 1.95 bits per heavy atom. The van der Waals surface area contributed by atoms with Gasteiger partial charge in [-0.1, -0.05) is 66.2 Å². The van der Waals surface area contributed by atoms with Crippen molar-refractivity contribution in [1.82, 2.24) is 0 Å². The van der Waals surface area contributed by atoms with Crippen molar-refractivity contribution in [1.29, 1.82) is 0 Å². The molecule has 0 aromatic heterocycles. The molecule has 5 heteroatoms. The number of benzene rings is 2. The topological polar surface area (TPSA) is 54.4 Å². The zero-order valence-corrected chi connectivity index (χ0v) is 13.4. The fourth-order valence-corrected chi connectivity index (χ4v) is 2.66. The van der Waals surface area contributed by atoms with Gasteiger partial charge in [-0.05, 0) is 23.6 Å². The minimum absolute atomic E-state index is 0.470. The third-order valence-corrected chi connectivity index (χ3v) is 6.27. The van der Waals surface area contributed by atoms with Crippen LogP contribution in [0, 0.1) is 0 Å². The summed E-state index contributed by atoms with van der Waals surface area (Å²) in [7, 11) is -3.60. The van der Waals surface area contributed by atoms with Crippen molar-refractivity contribution in [3.05, 3.63) is 60.2 Å². The van der Waals surface area contributed by atoms with Gasteiger partial charge < -0.3 is 5.11 Å². The van der Waals surface area contributed by atoms with Crippen LogP contribution in [0.15, 0.2) is 54.6 Å². The van der Waals surface area contributed by atoms with Crippen molar-refractivity contribution < 1.29 is 13.5 Å². The van der Waals surface area contributed by atoms with Gasteiger partial charge in [-0.3, -0.25) is 0 Å². The highest BCUT2D eigenvalue weighted by Gasteiger charge is 2.41. The van der Waals surface area contributed by atoms with Crippen molar-refractivity contribution in [2.45, 2.75) is 17.2 Å². The molecule has 0 aliphatic rings. The van der Waals surface area contributed by atoms with Gasteiger partial charge >= 0.3 is 0 Å². The molecule has 0 aliphatic carbocycles. The molecule has 0 heterocycles. The largest absolute Gasteiger partial charge is 0.385 e. The maximum Gasteiger partial charge on any atom is 0.172 e. The van der Waals surface area contributed by atoms with Gasteiger partial charge in [-0.2, -0.15) is 0 Å². The minimum atomic E-state index is -3.60. The summed E-state index contributed by atoms with van der Waals surface area (Å²) in [6, 6.07) is 16.8. The Bertz CT molecular complexity index is 707. The standard InChI is InChI=1S/C16H17ClO3S/c1-16(17,21(2,19)20)15(18)14-10-8-13(9-11-14)12-6-4-3-5-7-12/h3-11,15,18H,1-2H3. The summed E-state index contributed by atoms with van der Waals surface area (Å²) in [4.78, 5) is 0. The van der Waals surface area contributed by atoms with Gasteiger partial charge in [0.05, 0.1) is 0 Å². The summed E-state index contributed by atoms with van der Waals surface area (Å²) < 4.78 is 21.6. The molecule has 2 rings (SSSR count). The van der Waals surface area contributed by atoms with E-state index in [1.54, 1.807) is 12.1 Å². The van der Waals surface area contributed by atoms with Crippen LogP contribution in [0.25, 0.3) is 11.1 Å². The Balaban J connectivity index is 2.32. The van der Waals surface area contributed by atoms with E-state index in [1.165, 1.54) is 6.92 Å². The maximum absolute atomic E-state index is 11.7. The molecule has 0 spiro atoms. The summed E-state index contributed by atoms with van der Waals surface area (Å²) in [5, 5.41) is 10.2. The van der Waals surface area contributed by atoms with Crippen LogP contribution in [0.2, 0.25) is 0 Å². The first-order valence-electron chi connectivity index (χ1n) is 6.45. The lowest BCUT2D eigenvalue weighted by Crippen LogP contribution is -2.35. The van der Waals surface area contributed by atoms with E-state index in [4.69, 9.17) is 11.6 Å². The number of rotatable bonds is 4. The molecule has 2 atom stereocenters. The second-order valence-electron chi connectivity index (χ2n) is 5.15. The molecule has 2 unspecified atom stereocenters. The molecule has 2 aromatic carbocycles. The zero-order valence-electron chi connectivity index (χ0n) is 11.8. The molecule has 3 nitrogen and oxygen atoms in total. The molecule has 0 fully saturated rings. The van der Waals surface area contributed by atoms with Gasteiger partial charge in [-0.15, -0.1) is 0 Å². The molecule has 0 saturated carbocycles. The Morgan fingerprint density at radius 1 is 1.00 bits per heavy atom. The van der Waals surface area contributed by atoms with E-state index in [9.17, 15) is 13.5 Å². The van der Waals surface area contributed by atoms with Crippen LogP contribution >= 0.6 is 11.6 Å². The van der Waals surface area contributed by atoms with Crippen LogP contribution in [0.3, 0.4) is 0 Å². The lowest BCUT2D eigenvalue weighted by molar-refractivity contribution is 0.163. The normalized spacial score (nSPS) is 16.2. The SMILES string of the molecule is CC(Cl)(C(O)c1ccc(-c2ccccc2)cc1)S(C)(=O)=O. The molecule has 0 radical (unpaired) electrons. The average molecular weight is 325 g/mol. The quantitative estimate of drug-likeness (QED) is 0.877. The molecular formula is C16H17ClO3S. The van der Waals surface area contributed by atoms with E-state index >= 15 is 0 Å². The minimum Gasteiger partial charge on any atom is -0.385 e. The van der Waals surface area contributed by atoms with Gasteiger partial charge in [-0.25, -0.2) is 8.42 Å². The third-order valence-electron chi connectivity index (χ3n) is 3.55. The Labute approximate surface area is 130 Å². The van der Waals surface area contributed by atoms with Crippen molar-refractivity contribution >= 4 is 21.4 Å². The average Bonchev–Trinajstić information content (AvgIpc) is 2.46. The van der Waals surface area contributed by atoms with E-state index in [0.717, 1.165) is 17.4 Å². The second kappa shape index (κ2) is 5.79. The smallest absolute Gasteiger partial charge is 0.172 e. The number of alkyl halides is 1. The summed E-state index contributed by atoms with van der Waals surface area (Å²) in [6.07, 6.45) is -0.277. The second-order valence-corrected chi connectivity index (χ2v) is 8.55. The fourth-order valence-electron chi connectivity index (χ4n) is 1.99. The van der Waals surface area contributed by atoms with Gasteiger partial charge in [0, 0.05) is 6.26 Å². The monoisotopic (exact) mass is 324 g/mol. The first kappa shape index (κ1) is 16.0. The Morgan fingerprint density at radius 2 is 1.48 bits per heavy atom. The third kappa shape index (κ3) is 3.28. The number of halogens is 1. The number of aliphatic hydroxyl groups excluding tert-OH is 1. The lowest BCUT2D eigenvalue weighted by Gasteiger charge is -2.26. The van der Waals surface area contributed by atoms with Crippen LogP contribution in [0.4, 0.5) is 0 Å². The predicted molar refractivity (Wildman–Crippen MR) is 85.9 cm³/mol. The fraction of sp³-hybridized carbons (Fsp3) is 0.250. The van der Waals surface area contributed by atoms with E-state index in [-0.39, 0.29) is 0 Å². The van der Waals surface area contributed by atoms with Crippen molar-refractivity contribution in [3.8, 4) is 11.1 Å². The molecule has 0 bridgehead atoms. The summed E-state index contributed by atoms with van der Waals surface area (Å²) >= 11 is 6.02. The van der Waals surface area contributed by atoms with E-state index in [1.807, 2.05) is 42.5 Å². The van der Waals surface area contributed by atoms with Crippen LogP contribution in [0.1, 0.15) is 18.6 Å². The molecule has 0 aliphatic heterocycles. The van der Waals surface area contributed by atoms with Crippen LogP contribution in [-0.2, 0) is 9.84 Å². The molecule has 21 heavy (non-hydrogen) atoms. The molecule has 1 N–H and O–H groups in total. The highest BCUT2D eigenvalue weighted by atomic mass is 35.5. The molecule has 0 saturated heterocycles. The van der Waals surface area contributed by atoms with E-state index in [0.29, 0.717) is 5.56 Å². The summed E-state index contributed by atoms with van der Waals surface area (Å²) in [5.41, 5.74) is 2.51. The molecular weight excluding hydrogens is 308 g/mol. The van der Waals surface area contributed by atoms with Gasteiger partial charge in [0.2, 0.25) is 0 Å². The summed E-state index contributed by atoms with van der Waals surface area (Å²) in [6.45, 7) is 1.31. The van der Waals surface area contributed by atoms with Crippen molar-refractivity contribution in [2.24, 2.45) is 0 Å². The number of sulfone groups is 1. The van der Waals surface area contributed by atoms with Crippen molar-refractivity contribution in [3.63, 3.8) is 0 Å². The van der Waals surface area contributed by atoms with E-state index < -0.39 is 20.1 Å². The first-order valence-corrected chi connectivity index (χ1v) is 8.72. The van der Waals surface area contributed by atoms with Gasteiger partial charge in [0.25, 0.3) is 0 Å². The molecule has 2 aromatic rings.